The second-order valence-electron chi connectivity index (χ2n) is 6.61. The third-order valence-corrected chi connectivity index (χ3v) is 6.24. The van der Waals surface area contributed by atoms with Crippen LogP contribution in [-0.2, 0) is 14.8 Å². The van der Waals surface area contributed by atoms with Crippen LogP contribution in [0.15, 0.2) is 57.9 Å². The van der Waals surface area contributed by atoms with Crippen LogP contribution in [-0.4, -0.2) is 42.4 Å². The highest BCUT2D eigenvalue weighted by molar-refractivity contribution is 7.89. The van der Waals surface area contributed by atoms with Crippen molar-refractivity contribution in [3.05, 3.63) is 60.2 Å². The summed E-state index contributed by atoms with van der Waals surface area (Å²) in [7, 11) is -2.32. The number of carbonyl (C=O) groups is 1. The van der Waals surface area contributed by atoms with Gasteiger partial charge in [0.1, 0.15) is 5.82 Å². The van der Waals surface area contributed by atoms with Crippen LogP contribution in [0.2, 0.25) is 0 Å². The minimum atomic E-state index is -3.74. The van der Waals surface area contributed by atoms with Gasteiger partial charge in [-0.05, 0) is 42.8 Å². The van der Waals surface area contributed by atoms with Crippen molar-refractivity contribution in [1.82, 2.24) is 14.4 Å². The summed E-state index contributed by atoms with van der Waals surface area (Å²) >= 11 is 0. The number of anilines is 1. The molecule has 0 spiro atoms. The summed E-state index contributed by atoms with van der Waals surface area (Å²) in [6, 6.07) is 11.7. The Morgan fingerprint density at radius 3 is 2.53 bits per heavy atom. The van der Waals surface area contributed by atoms with E-state index in [0.29, 0.717) is 29.4 Å². The third-order valence-electron chi connectivity index (χ3n) is 4.37. The number of halogens is 1. The molecule has 1 aromatic heterocycles. The van der Waals surface area contributed by atoms with Gasteiger partial charge in [-0.2, -0.15) is 4.98 Å². The van der Waals surface area contributed by atoms with E-state index in [4.69, 9.17) is 4.52 Å². The number of rotatable bonds is 8. The van der Waals surface area contributed by atoms with E-state index in [1.807, 2.05) is 0 Å². The molecule has 1 amide bonds. The first-order valence-electron chi connectivity index (χ1n) is 9.19. The molecule has 0 atom stereocenters. The number of sulfonamides is 1. The number of nitrogens with one attached hydrogen (secondary N) is 1. The lowest BCUT2D eigenvalue weighted by Crippen LogP contribution is -2.28. The standard InChI is InChI=1S/C20H21FN4O4S/c1-14-22-20(24-29-14)17-6-3-4-7-18(17)23-19(26)8-5-13-25(2)30(27,28)16-11-9-15(21)10-12-16/h3-4,6-7,9-12H,5,8,13H2,1-2H3,(H,23,26). The summed E-state index contributed by atoms with van der Waals surface area (Å²) in [5.41, 5.74) is 1.16. The molecule has 10 heteroatoms. The van der Waals surface area contributed by atoms with E-state index in [9.17, 15) is 17.6 Å². The molecule has 158 valence electrons. The van der Waals surface area contributed by atoms with Crippen molar-refractivity contribution in [2.45, 2.75) is 24.7 Å². The molecule has 0 fully saturated rings. The summed E-state index contributed by atoms with van der Waals surface area (Å²) in [5, 5.41) is 6.66. The van der Waals surface area contributed by atoms with Gasteiger partial charge in [-0.15, -0.1) is 0 Å². The van der Waals surface area contributed by atoms with E-state index in [1.54, 1.807) is 31.2 Å². The second-order valence-corrected chi connectivity index (χ2v) is 8.66. The largest absolute Gasteiger partial charge is 0.339 e. The maximum absolute atomic E-state index is 13.0. The predicted molar refractivity (Wildman–Crippen MR) is 109 cm³/mol. The molecule has 3 aromatic rings. The van der Waals surface area contributed by atoms with Crippen LogP contribution >= 0.6 is 0 Å². The maximum Gasteiger partial charge on any atom is 0.242 e. The normalized spacial score (nSPS) is 11.6. The van der Waals surface area contributed by atoms with E-state index >= 15 is 0 Å². The average molecular weight is 432 g/mol. The zero-order valence-corrected chi connectivity index (χ0v) is 17.3. The van der Waals surface area contributed by atoms with E-state index < -0.39 is 15.8 Å². The van der Waals surface area contributed by atoms with Crippen molar-refractivity contribution in [2.75, 3.05) is 18.9 Å². The number of hydrogen-bond donors (Lipinski definition) is 1. The monoisotopic (exact) mass is 432 g/mol. The molecule has 1 heterocycles. The summed E-state index contributed by atoms with van der Waals surface area (Å²) < 4.78 is 44.1. The molecule has 0 saturated carbocycles. The molecule has 0 bridgehead atoms. The van der Waals surface area contributed by atoms with Crippen LogP contribution < -0.4 is 5.32 Å². The number of amides is 1. The van der Waals surface area contributed by atoms with E-state index in [2.05, 4.69) is 15.5 Å². The minimum Gasteiger partial charge on any atom is -0.339 e. The molecule has 30 heavy (non-hydrogen) atoms. The van der Waals surface area contributed by atoms with Gasteiger partial charge >= 0.3 is 0 Å². The fraction of sp³-hybridized carbons (Fsp3) is 0.250. The number of aryl methyl sites for hydroxylation is 1. The van der Waals surface area contributed by atoms with Gasteiger partial charge in [-0.25, -0.2) is 17.1 Å². The first kappa shape index (κ1) is 21.6. The number of aromatic nitrogens is 2. The topological polar surface area (TPSA) is 105 Å². The molecular formula is C20H21FN4O4S. The van der Waals surface area contributed by atoms with Gasteiger partial charge < -0.3 is 9.84 Å². The molecule has 0 saturated heterocycles. The van der Waals surface area contributed by atoms with E-state index in [1.165, 1.54) is 19.2 Å². The summed E-state index contributed by atoms with van der Waals surface area (Å²) in [4.78, 5) is 16.5. The van der Waals surface area contributed by atoms with Crippen LogP contribution in [0.3, 0.4) is 0 Å². The molecule has 0 aliphatic heterocycles. The Hall–Kier alpha value is -3.11. The van der Waals surface area contributed by atoms with Crippen molar-refractivity contribution >= 4 is 21.6 Å². The Bertz CT molecular complexity index is 1130. The van der Waals surface area contributed by atoms with Crippen LogP contribution in [0.4, 0.5) is 10.1 Å². The summed E-state index contributed by atoms with van der Waals surface area (Å²) in [6.45, 7) is 1.81. The van der Waals surface area contributed by atoms with Gasteiger partial charge in [0.25, 0.3) is 0 Å². The van der Waals surface area contributed by atoms with Crippen molar-refractivity contribution in [2.24, 2.45) is 0 Å². The van der Waals surface area contributed by atoms with Crippen molar-refractivity contribution in [3.8, 4) is 11.4 Å². The lowest BCUT2D eigenvalue weighted by Gasteiger charge is -2.17. The van der Waals surface area contributed by atoms with E-state index in [0.717, 1.165) is 16.4 Å². The zero-order chi connectivity index (χ0) is 21.7. The number of hydrogen-bond acceptors (Lipinski definition) is 6. The third kappa shape index (κ3) is 5.08. The number of nitrogens with zero attached hydrogens (tertiary/aromatic N) is 3. The molecule has 0 aliphatic carbocycles. The summed E-state index contributed by atoms with van der Waals surface area (Å²) in [6.07, 6.45) is 0.426. The average Bonchev–Trinajstić information content (AvgIpc) is 3.14. The van der Waals surface area contributed by atoms with Gasteiger partial charge in [0, 0.05) is 32.5 Å². The predicted octanol–water partition coefficient (Wildman–Crippen LogP) is 3.22. The quantitative estimate of drug-likeness (QED) is 0.586. The highest BCUT2D eigenvalue weighted by atomic mass is 32.2. The number of benzene rings is 2. The molecule has 1 N–H and O–H groups in total. The highest BCUT2D eigenvalue weighted by Crippen LogP contribution is 2.25. The van der Waals surface area contributed by atoms with Crippen LogP contribution in [0, 0.1) is 12.7 Å². The highest BCUT2D eigenvalue weighted by Gasteiger charge is 2.21. The van der Waals surface area contributed by atoms with Gasteiger partial charge in [-0.3, -0.25) is 4.79 Å². The molecule has 0 aliphatic rings. The van der Waals surface area contributed by atoms with Crippen LogP contribution in [0.5, 0.6) is 0 Å². The molecule has 0 radical (unpaired) electrons. The molecular weight excluding hydrogens is 411 g/mol. The van der Waals surface area contributed by atoms with Crippen molar-refractivity contribution < 1.29 is 22.1 Å². The summed E-state index contributed by atoms with van der Waals surface area (Å²) in [5.74, 6) is 0.00448. The van der Waals surface area contributed by atoms with Gasteiger partial charge in [0.2, 0.25) is 27.6 Å². The Labute approximate surface area is 173 Å². The fourth-order valence-electron chi connectivity index (χ4n) is 2.78. The van der Waals surface area contributed by atoms with Crippen molar-refractivity contribution in [3.63, 3.8) is 0 Å². The van der Waals surface area contributed by atoms with Gasteiger partial charge in [-0.1, -0.05) is 17.3 Å². The fourth-order valence-corrected chi connectivity index (χ4v) is 3.99. The lowest BCUT2D eigenvalue weighted by atomic mass is 10.1. The van der Waals surface area contributed by atoms with Crippen molar-refractivity contribution in [1.29, 1.82) is 0 Å². The Kier molecular flexibility index (Phi) is 6.58. The maximum atomic E-state index is 13.0. The smallest absolute Gasteiger partial charge is 0.242 e. The molecule has 2 aromatic carbocycles. The Morgan fingerprint density at radius 1 is 1.17 bits per heavy atom. The molecule has 0 unspecified atom stereocenters. The van der Waals surface area contributed by atoms with Crippen LogP contribution in [0.25, 0.3) is 11.4 Å². The molecule has 3 rings (SSSR count). The minimum absolute atomic E-state index is 0.000171. The second kappa shape index (κ2) is 9.14. The zero-order valence-electron chi connectivity index (χ0n) is 16.5. The molecule has 8 nitrogen and oxygen atoms in total. The van der Waals surface area contributed by atoms with Gasteiger partial charge in [0.15, 0.2) is 0 Å². The van der Waals surface area contributed by atoms with Gasteiger partial charge in [0.05, 0.1) is 10.6 Å². The Balaban J connectivity index is 1.57. The lowest BCUT2D eigenvalue weighted by molar-refractivity contribution is -0.116. The SMILES string of the molecule is Cc1nc(-c2ccccc2NC(=O)CCCN(C)S(=O)(=O)c2ccc(F)cc2)no1. The first-order valence-corrected chi connectivity index (χ1v) is 10.6. The Morgan fingerprint density at radius 2 is 1.87 bits per heavy atom. The van der Waals surface area contributed by atoms with E-state index in [-0.39, 0.29) is 23.8 Å². The first-order chi connectivity index (χ1) is 14.3. The number of para-hydroxylation sites is 1. The number of carbonyl (C=O) groups excluding carboxylic acids is 1. The van der Waals surface area contributed by atoms with Crippen LogP contribution in [0.1, 0.15) is 18.7 Å².